The van der Waals surface area contributed by atoms with Crippen molar-refractivity contribution >= 4 is 5.97 Å². The number of aliphatic carboxylic acids is 1. The minimum atomic E-state index is -0.650. The molecule has 1 aromatic carbocycles. The number of carbonyl (C=O) groups is 1. The molecule has 120 valence electrons. The molecule has 4 atom stereocenters. The summed E-state index contributed by atoms with van der Waals surface area (Å²) >= 11 is 0. The highest BCUT2D eigenvalue weighted by atomic mass is 16.4. The smallest absolute Gasteiger partial charge is 0.307 e. The summed E-state index contributed by atoms with van der Waals surface area (Å²) in [6.45, 7) is 4.79. The SMILES string of the molecule is CC1CCC1N1CC(NCc2ccccc2)CC(C(=O)O)C1. The molecule has 2 N–H and O–H groups in total. The van der Waals surface area contributed by atoms with Gasteiger partial charge in [0, 0.05) is 31.7 Å². The van der Waals surface area contributed by atoms with Crippen molar-refractivity contribution in [2.24, 2.45) is 11.8 Å². The summed E-state index contributed by atoms with van der Waals surface area (Å²) in [7, 11) is 0. The zero-order chi connectivity index (χ0) is 15.5. The number of nitrogens with one attached hydrogen (secondary N) is 1. The number of piperidine rings is 1. The second-order valence-electron chi connectivity index (χ2n) is 6.91. The lowest BCUT2D eigenvalue weighted by molar-refractivity contribution is -0.145. The van der Waals surface area contributed by atoms with Crippen LogP contribution < -0.4 is 5.32 Å². The molecule has 0 amide bonds. The number of rotatable bonds is 5. The van der Waals surface area contributed by atoms with Crippen molar-refractivity contribution in [2.45, 2.75) is 44.8 Å². The van der Waals surface area contributed by atoms with Gasteiger partial charge in [-0.05, 0) is 30.7 Å². The zero-order valence-electron chi connectivity index (χ0n) is 13.2. The van der Waals surface area contributed by atoms with Crippen LogP contribution in [-0.2, 0) is 11.3 Å². The molecule has 1 saturated heterocycles. The van der Waals surface area contributed by atoms with E-state index >= 15 is 0 Å². The monoisotopic (exact) mass is 302 g/mol. The van der Waals surface area contributed by atoms with Crippen LogP contribution in [0.5, 0.6) is 0 Å². The molecule has 1 aromatic rings. The molecule has 22 heavy (non-hydrogen) atoms. The molecule has 0 spiro atoms. The fourth-order valence-electron chi connectivity index (χ4n) is 3.78. The number of carboxylic acids is 1. The van der Waals surface area contributed by atoms with Crippen molar-refractivity contribution < 1.29 is 9.90 Å². The summed E-state index contributed by atoms with van der Waals surface area (Å²) in [6.07, 6.45) is 3.24. The predicted octanol–water partition coefficient (Wildman–Crippen LogP) is 2.35. The molecule has 2 aliphatic rings. The normalized spacial score (nSPS) is 32.4. The van der Waals surface area contributed by atoms with Gasteiger partial charge in [-0.1, -0.05) is 37.3 Å². The Hall–Kier alpha value is -1.39. The van der Waals surface area contributed by atoms with Gasteiger partial charge in [-0.25, -0.2) is 0 Å². The first-order valence-corrected chi connectivity index (χ1v) is 8.37. The molecular weight excluding hydrogens is 276 g/mol. The van der Waals surface area contributed by atoms with E-state index in [4.69, 9.17) is 0 Å². The van der Waals surface area contributed by atoms with Gasteiger partial charge in [0.2, 0.25) is 0 Å². The molecule has 0 aromatic heterocycles. The van der Waals surface area contributed by atoms with Gasteiger partial charge in [0.15, 0.2) is 0 Å². The van der Waals surface area contributed by atoms with Gasteiger partial charge < -0.3 is 10.4 Å². The molecule has 1 aliphatic carbocycles. The summed E-state index contributed by atoms with van der Waals surface area (Å²) in [4.78, 5) is 13.9. The highest BCUT2D eigenvalue weighted by Gasteiger charge is 2.39. The first-order valence-electron chi connectivity index (χ1n) is 8.37. The standard InChI is InChI=1S/C18H26N2O2/c1-13-7-8-17(13)20-11-15(18(21)22)9-16(12-20)19-10-14-5-3-2-4-6-14/h2-6,13,15-17,19H,7-12H2,1H3,(H,21,22). The van der Waals surface area contributed by atoms with E-state index in [1.165, 1.54) is 18.4 Å². The Kier molecular flexibility index (Phi) is 4.79. The van der Waals surface area contributed by atoms with Crippen molar-refractivity contribution in [3.8, 4) is 0 Å². The van der Waals surface area contributed by atoms with E-state index in [0.717, 1.165) is 19.5 Å². The number of hydrogen-bond acceptors (Lipinski definition) is 3. The molecule has 0 radical (unpaired) electrons. The fraction of sp³-hybridized carbons (Fsp3) is 0.611. The lowest BCUT2D eigenvalue weighted by atomic mass is 9.78. The van der Waals surface area contributed by atoms with Crippen LogP contribution in [0.3, 0.4) is 0 Å². The van der Waals surface area contributed by atoms with Gasteiger partial charge in [-0.2, -0.15) is 0 Å². The van der Waals surface area contributed by atoms with Crippen LogP contribution in [0.1, 0.15) is 31.7 Å². The quantitative estimate of drug-likeness (QED) is 0.876. The number of likely N-dealkylation sites (tertiary alicyclic amines) is 1. The van der Waals surface area contributed by atoms with Gasteiger partial charge in [-0.15, -0.1) is 0 Å². The lowest BCUT2D eigenvalue weighted by Crippen LogP contribution is -2.57. The van der Waals surface area contributed by atoms with Gasteiger partial charge in [0.25, 0.3) is 0 Å². The molecule has 1 heterocycles. The maximum atomic E-state index is 11.5. The van der Waals surface area contributed by atoms with Crippen LogP contribution in [0.25, 0.3) is 0 Å². The van der Waals surface area contributed by atoms with Crippen LogP contribution in [0.4, 0.5) is 0 Å². The molecule has 1 saturated carbocycles. The summed E-state index contributed by atoms with van der Waals surface area (Å²) in [6, 6.07) is 11.2. The third kappa shape index (κ3) is 3.50. The number of nitrogens with zero attached hydrogens (tertiary/aromatic N) is 1. The van der Waals surface area contributed by atoms with E-state index in [9.17, 15) is 9.90 Å². The Morgan fingerprint density at radius 3 is 2.64 bits per heavy atom. The molecule has 4 nitrogen and oxygen atoms in total. The summed E-state index contributed by atoms with van der Waals surface area (Å²) in [5.74, 6) is -0.180. The summed E-state index contributed by atoms with van der Waals surface area (Å²) in [5, 5.41) is 13.0. The van der Waals surface area contributed by atoms with Gasteiger partial charge >= 0.3 is 5.97 Å². The third-order valence-corrected chi connectivity index (χ3v) is 5.31. The second kappa shape index (κ2) is 6.80. The first kappa shape index (κ1) is 15.5. The lowest BCUT2D eigenvalue weighted by Gasteiger charge is -2.47. The van der Waals surface area contributed by atoms with E-state index in [1.54, 1.807) is 0 Å². The number of hydrogen-bond donors (Lipinski definition) is 2. The van der Waals surface area contributed by atoms with Crippen LogP contribution in [0, 0.1) is 11.8 Å². The topological polar surface area (TPSA) is 52.6 Å². The number of benzene rings is 1. The first-order chi connectivity index (χ1) is 10.6. The Balaban J connectivity index is 1.60. The van der Waals surface area contributed by atoms with Crippen LogP contribution in [-0.4, -0.2) is 41.1 Å². The van der Waals surface area contributed by atoms with Gasteiger partial charge in [-0.3, -0.25) is 9.69 Å². The van der Waals surface area contributed by atoms with Crippen LogP contribution >= 0.6 is 0 Å². The van der Waals surface area contributed by atoms with E-state index < -0.39 is 5.97 Å². The van der Waals surface area contributed by atoms with Crippen molar-refractivity contribution in [1.82, 2.24) is 10.2 Å². The molecule has 4 unspecified atom stereocenters. The van der Waals surface area contributed by atoms with E-state index in [-0.39, 0.29) is 12.0 Å². The zero-order valence-corrected chi connectivity index (χ0v) is 13.2. The Bertz CT molecular complexity index is 505. The molecule has 4 heteroatoms. The fourth-order valence-corrected chi connectivity index (χ4v) is 3.78. The van der Waals surface area contributed by atoms with Gasteiger partial charge in [0.05, 0.1) is 5.92 Å². The van der Waals surface area contributed by atoms with E-state index in [1.807, 2.05) is 18.2 Å². The van der Waals surface area contributed by atoms with Crippen molar-refractivity contribution in [3.63, 3.8) is 0 Å². The minimum Gasteiger partial charge on any atom is -0.481 e. The maximum absolute atomic E-state index is 11.5. The third-order valence-electron chi connectivity index (χ3n) is 5.31. The minimum absolute atomic E-state index is 0.241. The average molecular weight is 302 g/mol. The second-order valence-corrected chi connectivity index (χ2v) is 6.91. The van der Waals surface area contributed by atoms with Crippen LogP contribution in [0.2, 0.25) is 0 Å². The van der Waals surface area contributed by atoms with E-state index in [0.29, 0.717) is 18.5 Å². The van der Waals surface area contributed by atoms with Crippen molar-refractivity contribution in [2.75, 3.05) is 13.1 Å². The molecule has 1 aliphatic heterocycles. The maximum Gasteiger partial charge on any atom is 0.307 e. The Morgan fingerprint density at radius 2 is 2.05 bits per heavy atom. The highest BCUT2D eigenvalue weighted by molar-refractivity contribution is 5.70. The molecular formula is C18H26N2O2. The molecule has 0 bridgehead atoms. The van der Waals surface area contributed by atoms with Crippen molar-refractivity contribution in [1.29, 1.82) is 0 Å². The van der Waals surface area contributed by atoms with Gasteiger partial charge in [0.1, 0.15) is 0 Å². The van der Waals surface area contributed by atoms with E-state index in [2.05, 4.69) is 29.3 Å². The summed E-state index contributed by atoms with van der Waals surface area (Å²) in [5.41, 5.74) is 1.25. The average Bonchev–Trinajstić information content (AvgIpc) is 2.52. The molecule has 2 fully saturated rings. The predicted molar refractivity (Wildman–Crippen MR) is 86.6 cm³/mol. The molecule has 3 rings (SSSR count). The summed E-state index contributed by atoms with van der Waals surface area (Å²) < 4.78 is 0. The van der Waals surface area contributed by atoms with Crippen molar-refractivity contribution in [3.05, 3.63) is 35.9 Å². The Labute approximate surface area is 132 Å². The largest absolute Gasteiger partial charge is 0.481 e. The number of carboxylic acid groups (broad SMARTS) is 1. The highest BCUT2D eigenvalue weighted by Crippen LogP contribution is 2.34. The van der Waals surface area contributed by atoms with Crippen LogP contribution in [0.15, 0.2) is 30.3 Å². The Morgan fingerprint density at radius 1 is 1.27 bits per heavy atom.